The fourth-order valence-electron chi connectivity index (χ4n) is 3.49. The number of fused-ring (bicyclic) bond motifs is 1. The van der Waals surface area contributed by atoms with Gasteiger partial charge in [-0.3, -0.25) is 4.90 Å². The summed E-state index contributed by atoms with van der Waals surface area (Å²) in [4.78, 5) is 7.01. The summed E-state index contributed by atoms with van der Waals surface area (Å²) in [6.07, 6.45) is 0. The minimum atomic E-state index is 0.657. The number of nitrogens with zero attached hydrogens (tertiary/aromatic N) is 4. The van der Waals surface area contributed by atoms with Gasteiger partial charge in [0.1, 0.15) is 22.5 Å². The van der Waals surface area contributed by atoms with Crippen LogP contribution >= 0.6 is 11.7 Å². The summed E-state index contributed by atoms with van der Waals surface area (Å²) >= 11 is 1.25. The molecule has 0 aliphatic heterocycles. The van der Waals surface area contributed by atoms with Crippen molar-refractivity contribution in [2.24, 2.45) is 0 Å². The van der Waals surface area contributed by atoms with Crippen LogP contribution in [0.3, 0.4) is 0 Å². The Bertz CT molecular complexity index is 1170. The Balaban J connectivity index is 1.52. The fourth-order valence-corrected chi connectivity index (χ4v) is 4.01. The molecule has 2 aromatic carbocycles. The molecule has 4 rings (SSSR count). The highest BCUT2D eigenvalue weighted by molar-refractivity contribution is 7.00. The van der Waals surface area contributed by atoms with Gasteiger partial charge in [0, 0.05) is 18.7 Å². The standard InChI is InChI=1S/C22H24N4O2S/c1-13-14(2)21(27-5)9-7-17(13)22-23-20(15(3)28-22)12-26(4)11-16-6-8-18-19(10-16)25-29-24-18/h6-10H,11-12H2,1-5H3. The number of aromatic nitrogens is 3. The van der Waals surface area contributed by atoms with Gasteiger partial charge in [0.2, 0.25) is 5.89 Å². The highest BCUT2D eigenvalue weighted by atomic mass is 32.1. The van der Waals surface area contributed by atoms with E-state index >= 15 is 0 Å². The summed E-state index contributed by atoms with van der Waals surface area (Å²) in [7, 11) is 3.77. The molecule has 0 fully saturated rings. The molecular weight excluding hydrogens is 384 g/mol. The van der Waals surface area contributed by atoms with Crippen molar-refractivity contribution < 1.29 is 9.15 Å². The number of oxazole rings is 1. The van der Waals surface area contributed by atoms with Crippen molar-refractivity contribution in [3.05, 3.63) is 58.5 Å². The number of rotatable bonds is 6. The number of aryl methyl sites for hydroxylation is 1. The van der Waals surface area contributed by atoms with Crippen molar-refractivity contribution in [3.8, 4) is 17.2 Å². The predicted octanol–water partition coefficient (Wildman–Crippen LogP) is 4.91. The highest BCUT2D eigenvalue weighted by Gasteiger charge is 2.17. The summed E-state index contributed by atoms with van der Waals surface area (Å²) in [6.45, 7) is 7.60. The summed E-state index contributed by atoms with van der Waals surface area (Å²) in [6, 6.07) is 10.2. The lowest BCUT2D eigenvalue weighted by molar-refractivity contribution is 0.313. The Morgan fingerprint density at radius 1 is 1.00 bits per heavy atom. The molecule has 29 heavy (non-hydrogen) atoms. The van der Waals surface area contributed by atoms with Crippen molar-refractivity contribution in [2.75, 3.05) is 14.2 Å². The van der Waals surface area contributed by atoms with E-state index in [0.717, 1.165) is 51.5 Å². The third-order valence-electron chi connectivity index (χ3n) is 5.27. The molecule has 0 unspecified atom stereocenters. The molecular formula is C22H24N4O2S. The fraction of sp³-hybridized carbons (Fsp3) is 0.318. The van der Waals surface area contributed by atoms with Gasteiger partial charge in [-0.05, 0) is 68.8 Å². The van der Waals surface area contributed by atoms with Crippen LogP contribution in [0.1, 0.15) is 28.1 Å². The molecule has 0 aliphatic rings. The first-order chi connectivity index (χ1) is 14.0. The van der Waals surface area contributed by atoms with Crippen molar-refractivity contribution >= 4 is 22.8 Å². The van der Waals surface area contributed by atoms with Crippen molar-refractivity contribution in [2.45, 2.75) is 33.9 Å². The maximum atomic E-state index is 6.01. The Morgan fingerprint density at radius 3 is 2.59 bits per heavy atom. The molecule has 0 saturated heterocycles. The van der Waals surface area contributed by atoms with Crippen LogP contribution in [0.2, 0.25) is 0 Å². The summed E-state index contributed by atoms with van der Waals surface area (Å²) in [5, 5.41) is 0. The predicted molar refractivity (Wildman–Crippen MR) is 115 cm³/mol. The smallest absolute Gasteiger partial charge is 0.226 e. The van der Waals surface area contributed by atoms with Gasteiger partial charge in [-0.25, -0.2) is 4.98 Å². The van der Waals surface area contributed by atoms with Crippen LogP contribution in [0.4, 0.5) is 0 Å². The maximum Gasteiger partial charge on any atom is 0.226 e. The molecule has 2 aromatic heterocycles. The number of methoxy groups -OCH3 is 1. The maximum absolute atomic E-state index is 6.01. The molecule has 0 amide bonds. The topological polar surface area (TPSA) is 64.3 Å². The van der Waals surface area contributed by atoms with Crippen LogP contribution in [-0.4, -0.2) is 32.8 Å². The molecule has 0 atom stereocenters. The Kier molecular flexibility index (Phi) is 5.34. The second kappa shape index (κ2) is 7.93. The van der Waals surface area contributed by atoms with E-state index in [1.165, 1.54) is 17.3 Å². The van der Waals surface area contributed by atoms with Gasteiger partial charge in [-0.1, -0.05) is 6.07 Å². The second-order valence-electron chi connectivity index (χ2n) is 7.35. The molecule has 0 aliphatic carbocycles. The van der Waals surface area contributed by atoms with E-state index < -0.39 is 0 Å². The van der Waals surface area contributed by atoms with Crippen molar-refractivity contribution in [1.82, 2.24) is 18.6 Å². The first kappa shape index (κ1) is 19.5. The van der Waals surface area contributed by atoms with Crippen molar-refractivity contribution in [1.29, 1.82) is 0 Å². The number of ether oxygens (including phenoxy) is 1. The van der Waals surface area contributed by atoms with Gasteiger partial charge in [0.15, 0.2) is 0 Å². The number of hydrogen-bond donors (Lipinski definition) is 0. The lowest BCUT2D eigenvalue weighted by atomic mass is 10.0. The summed E-state index contributed by atoms with van der Waals surface area (Å²) in [5.41, 5.74) is 7.28. The lowest BCUT2D eigenvalue weighted by Crippen LogP contribution is -2.18. The lowest BCUT2D eigenvalue weighted by Gasteiger charge is -2.15. The van der Waals surface area contributed by atoms with E-state index in [1.807, 2.05) is 25.1 Å². The SMILES string of the molecule is COc1ccc(-c2nc(CN(C)Cc3ccc4nsnc4c3)c(C)o2)c(C)c1C. The average molecular weight is 409 g/mol. The van der Waals surface area contributed by atoms with Crippen LogP contribution in [0, 0.1) is 20.8 Å². The van der Waals surface area contributed by atoms with Crippen LogP contribution in [0.15, 0.2) is 34.7 Å². The Morgan fingerprint density at radius 2 is 1.79 bits per heavy atom. The first-order valence-electron chi connectivity index (χ1n) is 9.47. The molecule has 150 valence electrons. The Labute approximate surface area is 174 Å². The van der Waals surface area contributed by atoms with Gasteiger partial charge in [0.25, 0.3) is 0 Å². The number of benzene rings is 2. The van der Waals surface area contributed by atoms with Gasteiger partial charge >= 0.3 is 0 Å². The van der Waals surface area contributed by atoms with E-state index in [4.69, 9.17) is 14.1 Å². The summed E-state index contributed by atoms with van der Waals surface area (Å²) < 4.78 is 20.0. The Hall–Kier alpha value is -2.77. The van der Waals surface area contributed by atoms with Crippen LogP contribution in [0.5, 0.6) is 5.75 Å². The first-order valence-corrected chi connectivity index (χ1v) is 10.2. The van der Waals surface area contributed by atoms with E-state index in [-0.39, 0.29) is 0 Å². The van der Waals surface area contributed by atoms with Gasteiger partial charge in [0.05, 0.1) is 24.5 Å². The number of hydrogen-bond acceptors (Lipinski definition) is 7. The quantitative estimate of drug-likeness (QED) is 0.452. The summed E-state index contributed by atoms with van der Waals surface area (Å²) in [5.74, 6) is 2.38. The van der Waals surface area contributed by atoms with Crippen LogP contribution in [-0.2, 0) is 13.1 Å². The molecule has 0 saturated carbocycles. The van der Waals surface area contributed by atoms with E-state index in [2.05, 4.69) is 46.7 Å². The molecule has 7 heteroatoms. The monoisotopic (exact) mass is 408 g/mol. The molecule has 2 heterocycles. The van der Waals surface area contributed by atoms with Crippen LogP contribution < -0.4 is 4.74 Å². The molecule has 0 bridgehead atoms. The third kappa shape index (κ3) is 3.88. The second-order valence-corrected chi connectivity index (χ2v) is 7.88. The molecule has 6 nitrogen and oxygen atoms in total. The minimum absolute atomic E-state index is 0.657. The van der Waals surface area contributed by atoms with E-state index in [1.54, 1.807) is 7.11 Å². The zero-order valence-corrected chi connectivity index (χ0v) is 18.1. The van der Waals surface area contributed by atoms with Gasteiger partial charge in [-0.15, -0.1) is 0 Å². The molecule has 0 radical (unpaired) electrons. The van der Waals surface area contributed by atoms with Gasteiger partial charge < -0.3 is 9.15 Å². The highest BCUT2D eigenvalue weighted by Crippen LogP contribution is 2.31. The molecule has 0 spiro atoms. The van der Waals surface area contributed by atoms with E-state index in [9.17, 15) is 0 Å². The normalized spacial score (nSPS) is 11.5. The zero-order valence-electron chi connectivity index (χ0n) is 17.3. The minimum Gasteiger partial charge on any atom is -0.496 e. The third-order valence-corrected chi connectivity index (χ3v) is 5.83. The largest absolute Gasteiger partial charge is 0.496 e. The van der Waals surface area contributed by atoms with E-state index in [0.29, 0.717) is 12.4 Å². The van der Waals surface area contributed by atoms with Crippen LogP contribution in [0.25, 0.3) is 22.5 Å². The zero-order chi connectivity index (χ0) is 20.5. The van der Waals surface area contributed by atoms with Crippen molar-refractivity contribution in [3.63, 3.8) is 0 Å². The average Bonchev–Trinajstić information content (AvgIpc) is 3.30. The molecule has 0 N–H and O–H groups in total. The molecule has 4 aromatic rings. The van der Waals surface area contributed by atoms with Gasteiger partial charge in [-0.2, -0.15) is 8.75 Å².